The van der Waals surface area contributed by atoms with Crippen LogP contribution in [0.5, 0.6) is 5.88 Å². The number of rotatable bonds is 9. The van der Waals surface area contributed by atoms with E-state index in [9.17, 15) is 0 Å². The number of nitrogens with zero attached hydrogens (tertiary/aromatic N) is 3. The molecule has 2 heterocycles. The lowest BCUT2D eigenvalue weighted by Gasteiger charge is -2.21. The zero-order chi connectivity index (χ0) is 18.2. The molecule has 0 spiro atoms. The van der Waals surface area contributed by atoms with Crippen LogP contribution in [0.25, 0.3) is 0 Å². The highest BCUT2D eigenvalue weighted by Gasteiger charge is 2.25. The number of aromatic nitrogens is 1. The minimum atomic E-state index is 0.599. The first kappa shape index (κ1) is 19.0. The van der Waals surface area contributed by atoms with Crippen molar-refractivity contribution in [3.63, 3.8) is 0 Å². The van der Waals surface area contributed by atoms with Crippen LogP contribution in [0.4, 0.5) is 0 Å². The van der Waals surface area contributed by atoms with Crippen LogP contribution >= 0.6 is 0 Å². The first-order valence-corrected chi connectivity index (χ1v) is 9.97. The van der Waals surface area contributed by atoms with E-state index in [-0.39, 0.29) is 0 Å². The average Bonchev–Trinajstić information content (AvgIpc) is 3.38. The van der Waals surface area contributed by atoms with Gasteiger partial charge in [-0.3, -0.25) is 0 Å². The maximum atomic E-state index is 5.78. The second-order valence-corrected chi connectivity index (χ2v) is 7.19. The number of guanidine groups is 1. The third-order valence-corrected chi connectivity index (χ3v) is 4.85. The first-order chi connectivity index (χ1) is 12.8. The number of hydrogen-bond acceptors (Lipinski definition) is 4. The van der Waals surface area contributed by atoms with Crippen molar-refractivity contribution in [1.29, 1.82) is 0 Å². The SMILES string of the molecule is CCNC(=NCc1ccnc(OCC2CC2)c1)N1CCC(COCC)C1. The number of likely N-dealkylation sites (tertiary alicyclic amines) is 1. The van der Waals surface area contributed by atoms with E-state index in [1.165, 1.54) is 19.3 Å². The van der Waals surface area contributed by atoms with Crippen LogP contribution in [0.2, 0.25) is 0 Å². The van der Waals surface area contributed by atoms with Crippen molar-refractivity contribution in [2.24, 2.45) is 16.8 Å². The van der Waals surface area contributed by atoms with Gasteiger partial charge in [0, 0.05) is 44.4 Å². The van der Waals surface area contributed by atoms with Crippen molar-refractivity contribution in [2.45, 2.75) is 39.7 Å². The molecule has 1 saturated heterocycles. The van der Waals surface area contributed by atoms with Crippen molar-refractivity contribution in [3.8, 4) is 5.88 Å². The summed E-state index contributed by atoms with van der Waals surface area (Å²) in [5.41, 5.74) is 1.13. The molecule has 0 aromatic carbocycles. The summed E-state index contributed by atoms with van der Waals surface area (Å²) >= 11 is 0. The Morgan fingerprint density at radius 1 is 1.27 bits per heavy atom. The van der Waals surface area contributed by atoms with Gasteiger partial charge in [-0.05, 0) is 50.7 Å². The normalized spacial score (nSPS) is 20.5. The Morgan fingerprint density at radius 3 is 2.92 bits per heavy atom. The van der Waals surface area contributed by atoms with Gasteiger partial charge in [0.15, 0.2) is 5.96 Å². The molecule has 144 valence electrons. The Labute approximate surface area is 157 Å². The third kappa shape index (κ3) is 5.87. The van der Waals surface area contributed by atoms with Gasteiger partial charge in [-0.25, -0.2) is 9.98 Å². The smallest absolute Gasteiger partial charge is 0.213 e. The maximum absolute atomic E-state index is 5.78. The van der Waals surface area contributed by atoms with Crippen LogP contribution < -0.4 is 10.1 Å². The van der Waals surface area contributed by atoms with Crippen LogP contribution in [0.3, 0.4) is 0 Å². The van der Waals surface area contributed by atoms with E-state index >= 15 is 0 Å². The molecule has 0 radical (unpaired) electrons. The van der Waals surface area contributed by atoms with E-state index < -0.39 is 0 Å². The van der Waals surface area contributed by atoms with Gasteiger partial charge in [-0.15, -0.1) is 0 Å². The summed E-state index contributed by atoms with van der Waals surface area (Å²) < 4.78 is 11.4. The predicted molar refractivity (Wildman–Crippen MR) is 103 cm³/mol. The van der Waals surface area contributed by atoms with Crippen molar-refractivity contribution in [3.05, 3.63) is 23.9 Å². The Morgan fingerprint density at radius 2 is 2.15 bits per heavy atom. The molecule has 6 nitrogen and oxygen atoms in total. The molecule has 1 aromatic rings. The van der Waals surface area contributed by atoms with E-state index in [2.05, 4.69) is 29.0 Å². The van der Waals surface area contributed by atoms with Crippen LogP contribution in [0, 0.1) is 11.8 Å². The van der Waals surface area contributed by atoms with E-state index in [1.807, 2.05) is 18.3 Å². The molecule has 1 atom stereocenters. The van der Waals surface area contributed by atoms with Gasteiger partial charge in [-0.2, -0.15) is 0 Å². The summed E-state index contributed by atoms with van der Waals surface area (Å²) in [6, 6.07) is 4.02. The molecule has 6 heteroatoms. The number of pyridine rings is 1. The molecule has 0 amide bonds. The highest BCUT2D eigenvalue weighted by atomic mass is 16.5. The lowest BCUT2D eigenvalue weighted by atomic mass is 10.1. The number of ether oxygens (including phenoxy) is 2. The second-order valence-electron chi connectivity index (χ2n) is 7.19. The molecule has 2 aliphatic rings. The van der Waals surface area contributed by atoms with Crippen LogP contribution in [0.1, 0.15) is 38.7 Å². The monoisotopic (exact) mass is 360 g/mol. The van der Waals surface area contributed by atoms with Crippen molar-refractivity contribution in [2.75, 3.05) is 39.5 Å². The first-order valence-electron chi connectivity index (χ1n) is 9.97. The minimum Gasteiger partial charge on any atom is -0.477 e. The molecule has 1 unspecified atom stereocenters. The molecule has 1 aliphatic heterocycles. The summed E-state index contributed by atoms with van der Waals surface area (Å²) in [6.07, 6.45) is 5.55. The van der Waals surface area contributed by atoms with Gasteiger partial charge in [0.05, 0.1) is 19.8 Å². The third-order valence-electron chi connectivity index (χ3n) is 4.85. The van der Waals surface area contributed by atoms with E-state index in [4.69, 9.17) is 14.5 Å². The van der Waals surface area contributed by atoms with Gasteiger partial charge < -0.3 is 19.7 Å². The van der Waals surface area contributed by atoms with Gasteiger partial charge in [0.2, 0.25) is 5.88 Å². The van der Waals surface area contributed by atoms with Crippen LogP contribution in [0.15, 0.2) is 23.3 Å². The molecule has 1 saturated carbocycles. The van der Waals surface area contributed by atoms with Crippen molar-refractivity contribution >= 4 is 5.96 Å². The highest BCUT2D eigenvalue weighted by Crippen LogP contribution is 2.29. The zero-order valence-electron chi connectivity index (χ0n) is 16.1. The molecule has 1 aromatic heterocycles. The fourth-order valence-corrected chi connectivity index (χ4v) is 3.15. The molecule has 26 heavy (non-hydrogen) atoms. The van der Waals surface area contributed by atoms with Crippen molar-refractivity contribution < 1.29 is 9.47 Å². The fourth-order valence-electron chi connectivity index (χ4n) is 3.15. The molecule has 1 aliphatic carbocycles. The minimum absolute atomic E-state index is 0.599. The summed E-state index contributed by atoms with van der Waals surface area (Å²) in [7, 11) is 0. The molecule has 1 N–H and O–H groups in total. The Balaban J connectivity index is 1.55. The van der Waals surface area contributed by atoms with Crippen LogP contribution in [-0.2, 0) is 11.3 Å². The van der Waals surface area contributed by atoms with Gasteiger partial charge in [0.1, 0.15) is 0 Å². The zero-order valence-corrected chi connectivity index (χ0v) is 16.1. The van der Waals surface area contributed by atoms with Gasteiger partial charge in [0.25, 0.3) is 0 Å². The Bertz CT molecular complexity index is 589. The molecule has 2 fully saturated rings. The number of nitrogens with one attached hydrogen (secondary N) is 1. The quantitative estimate of drug-likeness (QED) is 0.542. The van der Waals surface area contributed by atoms with Crippen LogP contribution in [-0.4, -0.2) is 55.3 Å². The van der Waals surface area contributed by atoms with E-state index in [0.717, 1.165) is 56.9 Å². The second kappa shape index (κ2) is 9.76. The summed E-state index contributed by atoms with van der Waals surface area (Å²) in [4.78, 5) is 11.5. The van der Waals surface area contributed by atoms with Crippen molar-refractivity contribution in [1.82, 2.24) is 15.2 Å². The molecular weight excluding hydrogens is 328 g/mol. The topological polar surface area (TPSA) is 59.0 Å². The maximum Gasteiger partial charge on any atom is 0.213 e. The van der Waals surface area contributed by atoms with Gasteiger partial charge >= 0.3 is 0 Å². The predicted octanol–water partition coefficient (Wildman–Crippen LogP) is 2.69. The number of hydrogen-bond donors (Lipinski definition) is 1. The fraction of sp³-hybridized carbons (Fsp3) is 0.700. The summed E-state index contributed by atoms with van der Waals surface area (Å²) in [5.74, 6) is 3.04. The van der Waals surface area contributed by atoms with E-state index in [0.29, 0.717) is 18.3 Å². The Kier molecular flexibility index (Phi) is 7.12. The lowest BCUT2D eigenvalue weighted by molar-refractivity contribution is 0.114. The molecule has 0 bridgehead atoms. The lowest BCUT2D eigenvalue weighted by Crippen LogP contribution is -2.40. The van der Waals surface area contributed by atoms with E-state index in [1.54, 1.807) is 0 Å². The largest absolute Gasteiger partial charge is 0.477 e. The number of aliphatic imine (C=N–C) groups is 1. The molecule has 3 rings (SSSR count). The Hall–Kier alpha value is -1.82. The van der Waals surface area contributed by atoms with Gasteiger partial charge in [-0.1, -0.05) is 0 Å². The molecular formula is C20H32N4O2. The highest BCUT2D eigenvalue weighted by molar-refractivity contribution is 5.80. The summed E-state index contributed by atoms with van der Waals surface area (Å²) in [5, 5.41) is 3.42. The summed E-state index contributed by atoms with van der Waals surface area (Å²) in [6.45, 7) is 10.1. The average molecular weight is 361 g/mol. The standard InChI is InChI=1S/C20H32N4O2/c1-3-21-20(24-10-8-18(13-24)14-25-4-2)23-12-17-7-9-22-19(11-17)26-15-16-5-6-16/h7,9,11,16,18H,3-6,8,10,12-15H2,1-2H3,(H,21,23).